The van der Waals surface area contributed by atoms with E-state index < -0.39 is 0 Å². The molecule has 1 aromatic heterocycles. The maximum atomic E-state index is 13.3. The summed E-state index contributed by atoms with van der Waals surface area (Å²) in [4.78, 5) is 45.0. The van der Waals surface area contributed by atoms with Gasteiger partial charge in [0.1, 0.15) is 0 Å². The van der Waals surface area contributed by atoms with Gasteiger partial charge in [0.25, 0.3) is 11.8 Å². The number of imide groups is 1. The van der Waals surface area contributed by atoms with Crippen molar-refractivity contribution in [2.24, 2.45) is 5.92 Å². The van der Waals surface area contributed by atoms with Crippen molar-refractivity contribution in [1.82, 2.24) is 9.80 Å². The Morgan fingerprint density at radius 2 is 1.94 bits per heavy atom. The molecule has 8 heteroatoms. The van der Waals surface area contributed by atoms with E-state index in [-0.39, 0.29) is 36.3 Å². The Hall–Kier alpha value is -2.71. The zero-order valence-electron chi connectivity index (χ0n) is 17.8. The number of hydrogen-bond acceptors (Lipinski definition) is 6. The molecule has 2 aliphatic rings. The fourth-order valence-corrected chi connectivity index (χ4v) is 5.27. The number of thiophene rings is 1. The maximum absolute atomic E-state index is 13.3. The first-order valence-corrected chi connectivity index (χ1v) is 11.5. The van der Waals surface area contributed by atoms with Crippen molar-refractivity contribution in [1.29, 1.82) is 0 Å². The summed E-state index contributed by atoms with van der Waals surface area (Å²) in [6.45, 7) is 3.45. The van der Waals surface area contributed by atoms with Crippen LogP contribution in [-0.4, -0.2) is 65.9 Å². The molecule has 1 unspecified atom stereocenters. The topological polar surface area (TPSA) is 81.2 Å². The molecule has 0 radical (unpaired) electrons. The number of carbonyl (C=O) groups excluding carboxylic acids is 3. The molecule has 3 amide bonds. The van der Waals surface area contributed by atoms with Gasteiger partial charge in [-0.3, -0.25) is 19.3 Å². The molecule has 31 heavy (non-hydrogen) atoms. The minimum Gasteiger partial charge on any atom is -0.395 e. The molecule has 1 atom stereocenters. The largest absolute Gasteiger partial charge is 0.395 e. The van der Waals surface area contributed by atoms with Crippen LogP contribution in [0.25, 0.3) is 0 Å². The van der Waals surface area contributed by atoms with Gasteiger partial charge < -0.3 is 14.9 Å². The van der Waals surface area contributed by atoms with Crippen molar-refractivity contribution in [3.63, 3.8) is 0 Å². The lowest BCUT2D eigenvalue weighted by Gasteiger charge is -2.35. The van der Waals surface area contributed by atoms with Gasteiger partial charge in [-0.2, -0.15) is 0 Å². The van der Waals surface area contributed by atoms with Crippen molar-refractivity contribution >= 4 is 34.7 Å². The van der Waals surface area contributed by atoms with Crippen molar-refractivity contribution < 1.29 is 19.5 Å². The van der Waals surface area contributed by atoms with Crippen LogP contribution in [-0.2, 0) is 4.79 Å². The molecule has 0 saturated carbocycles. The molecule has 7 nitrogen and oxygen atoms in total. The Kier molecular flexibility index (Phi) is 6.11. The molecular formula is C23H27N3O4S. The first-order valence-electron chi connectivity index (χ1n) is 10.6. The van der Waals surface area contributed by atoms with E-state index in [2.05, 4.69) is 4.90 Å². The third-order valence-electron chi connectivity index (χ3n) is 6.26. The number of rotatable bonds is 6. The van der Waals surface area contributed by atoms with Gasteiger partial charge >= 0.3 is 0 Å². The number of likely N-dealkylation sites (N-methyl/N-ethyl adjacent to an activating group) is 1. The Labute approximate surface area is 185 Å². The lowest BCUT2D eigenvalue weighted by molar-refractivity contribution is -0.135. The first kappa shape index (κ1) is 21.5. The van der Waals surface area contributed by atoms with E-state index >= 15 is 0 Å². The summed E-state index contributed by atoms with van der Waals surface area (Å²) in [6.07, 6.45) is 1.35. The summed E-state index contributed by atoms with van der Waals surface area (Å²) >= 11 is 1.53. The molecule has 4 rings (SSSR count). The van der Waals surface area contributed by atoms with Crippen LogP contribution in [0, 0.1) is 5.92 Å². The highest BCUT2D eigenvalue weighted by molar-refractivity contribution is 7.10. The molecule has 2 aliphatic heterocycles. The van der Waals surface area contributed by atoms with Crippen molar-refractivity contribution in [3.05, 3.63) is 51.7 Å². The molecular weight excluding hydrogens is 414 g/mol. The van der Waals surface area contributed by atoms with Gasteiger partial charge in [0.05, 0.1) is 29.5 Å². The first-order chi connectivity index (χ1) is 14.9. The van der Waals surface area contributed by atoms with Crippen molar-refractivity contribution in [2.75, 3.05) is 38.2 Å². The van der Waals surface area contributed by atoms with Crippen LogP contribution >= 0.6 is 11.3 Å². The third kappa shape index (κ3) is 3.85. The molecule has 1 N–H and O–H groups in total. The Bertz CT molecular complexity index is 983. The second-order valence-corrected chi connectivity index (χ2v) is 9.10. The molecule has 0 bridgehead atoms. The lowest BCUT2D eigenvalue weighted by Crippen LogP contribution is -2.42. The monoisotopic (exact) mass is 441 g/mol. The van der Waals surface area contributed by atoms with Gasteiger partial charge in [-0.25, -0.2) is 0 Å². The molecule has 3 heterocycles. The quantitative estimate of drug-likeness (QED) is 0.698. The fraction of sp³-hybridized carbons (Fsp3) is 0.435. The highest BCUT2D eigenvalue weighted by atomic mass is 32.1. The number of benzene rings is 1. The summed E-state index contributed by atoms with van der Waals surface area (Å²) in [5.74, 6) is -0.540. The van der Waals surface area contributed by atoms with Gasteiger partial charge in [0.15, 0.2) is 0 Å². The minimum atomic E-state index is -0.314. The highest BCUT2D eigenvalue weighted by Gasteiger charge is 2.42. The van der Waals surface area contributed by atoms with Crippen LogP contribution in [0.2, 0.25) is 0 Å². The Morgan fingerprint density at radius 3 is 2.58 bits per heavy atom. The molecule has 1 saturated heterocycles. The van der Waals surface area contributed by atoms with Crippen molar-refractivity contribution in [3.8, 4) is 0 Å². The van der Waals surface area contributed by atoms with Gasteiger partial charge in [-0.15, -0.1) is 11.3 Å². The van der Waals surface area contributed by atoms with Crippen LogP contribution in [0.1, 0.15) is 51.4 Å². The van der Waals surface area contributed by atoms with E-state index in [1.54, 1.807) is 18.0 Å². The summed E-state index contributed by atoms with van der Waals surface area (Å²) in [7, 11) is 1.71. The van der Waals surface area contributed by atoms with E-state index in [1.807, 2.05) is 36.6 Å². The number of amides is 3. The van der Waals surface area contributed by atoms with E-state index in [4.69, 9.17) is 5.11 Å². The standard InChI is InChI=1S/C23H27N3O4S/c1-15(19-7-4-14-31-19)26-22(29)17-5-3-6-18(20(17)23(26)30)25-10-8-16(9-11-25)21(28)24(2)12-13-27/h3-7,14-16,27H,8-13H2,1-2H3. The van der Waals surface area contributed by atoms with Crippen LogP contribution < -0.4 is 4.90 Å². The van der Waals surface area contributed by atoms with E-state index in [9.17, 15) is 14.4 Å². The zero-order chi connectivity index (χ0) is 22.1. The average Bonchev–Trinajstić information content (AvgIpc) is 3.41. The average molecular weight is 442 g/mol. The Balaban J connectivity index is 1.53. The van der Waals surface area contributed by atoms with Crippen LogP contribution in [0.15, 0.2) is 35.7 Å². The molecule has 1 fully saturated rings. The van der Waals surface area contributed by atoms with Crippen LogP contribution in [0.5, 0.6) is 0 Å². The molecule has 164 valence electrons. The number of piperidine rings is 1. The smallest absolute Gasteiger partial charge is 0.264 e. The highest BCUT2D eigenvalue weighted by Crippen LogP contribution is 2.38. The summed E-state index contributed by atoms with van der Waals surface area (Å²) in [5, 5.41) is 11.0. The Morgan fingerprint density at radius 1 is 1.19 bits per heavy atom. The predicted molar refractivity (Wildman–Crippen MR) is 119 cm³/mol. The lowest BCUT2D eigenvalue weighted by atomic mass is 9.94. The number of hydrogen-bond donors (Lipinski definition) is 1. The van der Waals surface area contributed by atoms with E-state index in [0.717, 1.165) is 10.6 Å². The van der Waals surface area contributed by atoms with Gasteiger partial charge in [0.2, 0.25) is 5.91 Å². The number of fused-ring (bicyclic) bond motifs is 1. The molecule has 1 aromatic carbocycles. The fourth-order valence-electron chi connectivity index (χ4n) is 4.50. The van der Waals surface area contributed by atoms with Crippen LogP contribution in [0.3, 0.4) is 0 Å². The summed E-state index contributed by atoms with van der Waals surface area (Å²) in [6, 6.07) is 8.98. The maximum Gasteiger partial charge on any atom is 0.264 e. The predicted octanol–water partition coefficient (Wildman–Crippen LogP) is 2.77. The molecule has 0 spiro atoms. The number of anilines is 1. The second-order valence-electron chi connectivity index (χ2n) is 8.12. The van der Waals surface area contributed by atoms with Gasteiger partial charge in [-0.05, 0) is 43.3 Å². The number of aliphatic hydroxyl groups excluding tert-OH is 1. The third-order valence-corrected chi connectivity index (χ3v) is 7.31. The normalized spacial score (nSPS) is 17.8. The van der Waals surface area contributed by atoms with Gasteiger partial charge in [0, 0.05) is 37.5 Å². The second kappa shape index (κ2) is 8.80. The van der Waals surface area contributed by atoms with Crippen molar-refractivity contribution in [2.45, 2.75) is 25.8 Å². The van der Waals surface area contributed by atoms with Crippen LogP contribution in [0.4, 0.5) is 5.69 Å². The van der Waals surface area contributed by atoms with Gasteiger partial charge in [-0.1, -0.05) is 12.1 Å². The zero-order valence-corrected chi connectivity index (χ0v) is 18.6. The number of nitrogens with zero attached hydrogens (tertiary/aromatic N) is 3. The summed E-state index contributed by atoms with van der Waals surface area (Å²) < 4.78 is 0. The molecule has 0 aliphatic carbocycles. The number of aliphatic hydroxyl groups is 1. The minimum absolute atomic E-state index is 0.0478. The number of carbonyl (C=O) groups is 3. The SMILES string of the molecule is CC(c1cccs1)N1C(=O)c2cccc(N3CCC(C(=O)N(C)CCO)CC3)c2C1=O. The van der Waals surface area contributed by atoms with E-state index in [1.165, 1.54) is 16.2 Å². The summed E-state index contributed by atoms with van der Waals surface area (Å²) in [5.41, 5.74) is 1.69. The van der Waals surface area contributed by atoms with E-state index in [0.29, 0.717) is 43.6 Å². The molecule has 2 aromatic rings.